The number of ketones is 1. The molecule has 5 heteroatoms. The van der Waals surface area contributed by atoms with Crippen LogP contribution in [0, 0.1) is 0 Å². The second kappa shape index (κ2) is 5.63. The molecule has 5 nitrogen and oxygen atoms in total. The molecule has 0 atom stereocenters. The number of rotatable bonds is 2. The molecule has 0 radical (unpaired) electrons. The number of phenols is 2. The zero-order valence-corrected chi connectivity index (χ0v) is 15.2. The van der Waals surface area contributed by atoms with Crippen LogP contribution < -0.4 is 9.47 Å². The van der Waals surface area contributed by atoms with Gasteiger partial charge in [-0.25, -0.2) is 0 Å². The molecule has 4 aromatic rings. The topological polar surface area (TPSA) is 76.0 Å². The van der Waals surface area contributed by atoms with Crippen molar-refractivity contribution in [1.82, 2.24) is 0 Å². The summed E-state index contributed by atoms with van der Waals surface area (Å²) in [7, 11) is 3.02. The maximum atomic E-state index is 13.4. The average Bonchev–Trinajstić information content (AvgIpc) is 3.03. The van der Waals surface area contributed by atoms with E-state index < -0.39 is 5.78 Å². The Labute approximate surface area is 160 Å². The minimum absolute atomic E-state index is 0.0638. The number of fused-ring (bicyclic) bond motifs is 5. The Kier molecular flexibility index (Phi) is 3.31. The Bertz CT molecular complexity index is 1320. The van der Waals surface area contributed by atoms with Crippen LogP contribution >= 0.6 is 0 Å². The molecule has 1 aliphatic rings. The number of carbonyl (C=O) groups excluding carboxylic acids is 1. The largest absolute Gasteiger partial charge is 0.507 e. The van der Waals surface area contributed by atoms with E-state index in [1.165, 1.54) is 14.2 Å². The molecule has 2 N–H and O–H groups in total. The lowest BCUT2D eigenvalue weighted by Gasteiger charge is -2.16. The number of hydrogen-bond acceptors (Lipinski definition) is 5. The van der Waals surface area contributed by atoms with E-state index >= 15 is 0 Å². The number of carbonyl (C=O) groups is 1. The van der Waals surface area contributed by atoms with Gasteiger partial charge in [0.2, 0.25) is 5.78 Å². The van der Waals surface area contributed by atoms with E-state index in [-0.39, 0.29) is 28.2 Å². The van der Waals surface area contributed by atoms with E-state index in [4.69, 9.17) is 9.47 Å². The smallest absolute Gasteiger partial charge is 0.202 e. The number of aromatic hydroxyl groups is 2. The van der Waals surface area contributed by atoms with Gasteiger partial charge in [0.25, 0.3) is 0 Å². The van der Waals surface area contributed by atoms with Crippen molar-refractivity contribution in [1.29, 1.82) is 0 Å². The Morgan fingerprint density at radius 1 is 0.607 bits per heavy atom. The van der Waals surface area contributed by atoms with Crippen molar-refractivity contribution in [3.63, 3.8) is 0 Å². The van der Waals surface area contributed by atoms with E-state index in [1.807, 2.05) is 24.3 Å². The summed E-state index contributed by atoms with van der Waals surface area (Å²) in [6, 6.07) is 14.3. The van der Waals surface area contributed by atoms with E-state index in [0.717, 1.165) is 10.8 Å². The van der Waals surface area contributed by atoms with Crippen molar-refractivity contribution in [3.05, 3.63) is 59.7 Å². The van der Waals surface area contributed by atoms with Crippen LogP contribution in [0.2, 0.25) is 0 Å². The Morgan fingerprint density at radius 2 is 1.04 bits per heavy atom. The molecule has 5 rings (SSSR count). The van der Waals surface area contributed by atoms with Gasteiger partial charge < -0.3 is 19.7 Å². The van der Waals surface area contributed by atoms with Crippen molar-refractivity contribution in [2.75, 3.05) is 14.2 Å². The van der Waals surface area contributed by atoms with E-state index in [9.17, 15) is 15.0 Å². The molecule has 1 aliphatic carbocycles. The fourth-order valence-corrected chi connectivity index (χ4v) is 4.25. The summed E-state index contributed by atoms with van der Waals surface area (Å²) in [5.74, 6) is 0.243. The third-order valence-electron chi connectivity index (χ3n) is 5.39. The maximum absolute atomic E-state index is 13.4. The summed E-state index contributed by atoms with van der Waals surface area (Å²) >= 11 is 0. The molecule has 0 spiro atoms. The van der Waals surface area contributed by atoms with Gasteiger partial charge in [0.15, 0.2) is 0 Å². The van der Waals surface area contributed by atoms with Crippen molar-refractivity contribution in [2.24, 2.45) is 0 Å². The summed E-state index contributed by atoms with van der Waals surface area (Å²) in [4.78, 5) is 13.4. The van der Waals surface area contributed by atoms with Crippen LogP contribution in [0.25, 0.3) is 32.7 Å². The zero-order chi connectivity index (χ0) is 19.6. The Morgan fingerprint density at radius 3 is 1.54 bits per heavy atom. The van der Waals surface area contributed by atoms with Gasteiger partial charge in [-0.05, 0) is 0 Å². The molecule has 0 amide bonds. The highest BCUT2D eigenvalue weighted by Crippen LogP contribution is 2.57. The zero-order valence-electron chi connectivity index (χ0n) is 15.2. The second-order valence-corrected chi connectivity index (χ2v) is 6.68. The number of hydrogen-bond donors (Lipinski definition) is 2. The summed E-state index contributed by atoms with van der Waals surface area (Å²) in [6.07, 6.45) is 0. The van der Waals surface area contributed by atoms with Crippen LogP contribution in [0.15, 0.2) is 48.5 Å². The van der Waals surface area contributed by atoms with Gasteiger partial charge in [-0.3, -0.25) is 4.79 Å². The van der Waals surface area contributed by atoms with Crippen molar-refractivity contribution in [3.8, 4) is 34.1 Å². The fourth-order valence-electron chi connectivity index (χ4n) is 4.25. The molecule has 0 heterocycles. The Hall–Kier alpha value is -3.73. The van der Waals surface area contributed by atoms with Crippen molar-refractivity contribution in [2.45, 2.75) is 0 Å². The normalized spacial score (nSPS) is 12.3. The van der Waals surface area contributed by atoms with Crippen molar-refractivity contribution >= 4 is 27.3 Å². The predicted molar refractivity (Wildman–Crippen MR) is 107 cm³/mol. The predicted octanol–water partition coefficient (Wildman–Crippen LogP) is 4.63. The SMILES string of the molecule is COc1c2c(c(OC)c3ccccc13)-c1c(c(O)c3ccccc3c1O)C2=O. The molecule has 0 fully saturated rings. The lowest BCUT2D eigenvalue weighted by molar-refractivity contribution is 0.103. The van der Waals surface area contributed by atoms with Gasteiger partial charge >= 0.3 is 0 Å². The lowest BCUT2D eigenvalue weighted by Crippen LogP contribution is -2.01. The molecular formula is C23H16O5. The van der Waals surface area contributed by atoms with Gasteiger partial charge in [-0.1, -0.05) is 48.5 Å². The molecule has 0 aromatic heterocycles. The molecule has 138 valence electrons. The molecular weight excluding hydrogens is 356 g/mol. The summed E-state index contributed by atoms with van der Waals surface area (Å²) < 4.78 is 11.3. The minimum Gasteiger partial charge on any atom is -0.507 e. The Balaban J connectivity index is 2.06. The first-order valence-corrected chi connectivity index (χ1v) is 8.78. The maximum Gasteiger partial charge on any atom is 0.202 e. The van der Waals surface area contributed by atoms with Crippen LogP contribution in [-0.4, -0.2) is 30.2 Å². The molecule has 0 saturated heterocycles. The third kappa shape index (κ3) is 1.83. The number of phenolic OH excluding ortho intramolecular Hbond substituents is 2. The molecule has 0 bridgehead atoms. The van der Waals surface area contributed by atoms with Gasteiger partial charge in [0.1, 0.15) is 23.0 Å². The highest BCUT2D eigenvalue weighted by atomic mass is 16.5. The van der Waals surface area contributed by atoms with Crippen LogP contribution in [-0.2, 0) is 0 Å². The molecule has 0 unspecified atom stereocenters. The number of benzene rings is 4. The van der Waals surface area contributed by atoms with Crippen LogP contribution in [0.4, 0.5) is 0 Å². The monoisotopic (exact) mass is 372 g/mol. The van der Waals surface area contributed by atoms with Gasteiger partial charge in [-0.2, -0.15) is 0 Å². The van der Waals surface area contributed by atoms with Gasteiger partial charge in [0.05, 0.1) is 25.3 Å². The highest BCUT2D eigenvalue weighted by Gasteiger charge is 2.40. The summed E-state index contributed by atoms with van der Waals surface area (Å²) in [5, 5.41) is 24.3. The van der Waals surface area contributed by atoms with E-state index in [2.05, 4.69) is 0 Å². The molecule has 28 heavy (non-hydrogen) atoms. The third-order valence-corrected chi connectivity index (χ3v) is 5.39. The standard InChI is InChI=1S/C23H16O5/c1-27-22-13-9-5-6-10-14(13)23(28-2)18-16(22)15-17(21(18)26)20(25)12-8-4-3-7-11(12)19(15)24/h3-10,24-25H,1-2H3. The highest BCUT2D eigenvalue weighted by molar-refractivity contribution is 6.31. The first kappa shape index (κ1) is 16.4. The lowest BCUT2D eigenvalue weighted by atomic mass is 9.95. The molecule has 0 aliphatic heterocycles. The first-order valence-electron chi connectivity index (χ1n) is 8.78. The van der Waals surface area contributed by atoms with Crippen molar-refractivity contribution < 1.29 is 24.5 Å². The van der Waals surface area contributed by atoms with Crippen LogP contribution in [0.5, 0.6) is 23.0 Å². The van der Waals surface area contributed by atoms with Crippen LogP contribution in [0.3, 0.4) is 0 Å². The van der Waals surface area contributed by atoms with E-state index in [0.29, 0.717) is 27.8 Å². The fraction of sp³-hybridized carbons (Fsp3) is 0.0870. The van der Waals surface area contributed by atoms with Gasteiger partial charge in [-0.15, -0.1) is 0 Å². The van der Waals surface area contributed by atoms with Gasteiger partial charge in [0, 0.05) is 32.7 Å². The second-order valence-electron chi connectivity index (χ2n) is 6.68. The quantitative estimate of drug-likeness (QED) is 0.442. The number of methoxy groups -OCH3 is 2. The van der Waals surface area contributed by atoms with Crippen LogP contribution in [0.1, 0.15) is 15.9 Å². The first-order chi connectivity index (χ1) is 13.6. The number of ether oxygens (including phenoxy) is 2. The molecule has 4 aromatic carbocycles. The molecule has 0 saturated carbocycles. The summed E-state index contributed by atoms with van der Waals surface area (Å²) in [5.41, 5.74) is 1.07. The summed E-state index contributed by atoms with van der Waals surface area (Å²) in [6.45, 7) is 0. The average molecular weight is 372 g/mol. The minimum atomic E-state index is -0.399. The van der Waals surface area contributed by atoms with E-state index in [1.54, 1.807) is 24.3 Å².